The number of carbonyl (C=O) groups is 1. The Morgan fingerprint density at radius 1 is 1.57 bits per heavy atom. The number of anilines is 1. The number of hydrogen-bond acceptors (Lipinski definition) is 3. The number of nitrogens with two attached hydrogens (primary N) is 1. The molecule has 0 radical (unpaired) electrons. The van der Waals surface area contributed by atoms with Crippen LogP contribution in [0.2, 0.25) is 0 Å². The van der Waals surface area contributed by atoms with Gasteiger partial charge in [0.2, 0.25) is 5.91 Å². The first-order valence-electron chi connectivity index (χ1n) is 4.16. The molecule has 1 atom stereocenters. The molecular weight excluding hydrogens is 187 g/mol. The van der Waals surface area contributed by atoms with Gasteiger partial charge in [-0.25, -0.2) is 4.39 Å². The van der Waals surface area contributed by atoms with Gasteiger partial charge in [0.15, 0.2) is 5.82 Å². The maximum atomic E-state index is 13.2. The van der Waals surface area contributed by atoms with E-state index in [1.807, 2.05) is 0 Å². The first-order chi connectivity index (χ1) is 6.68. The second-order valence-corrected chi connectivity index (χ2v) is 3.02. The molecule has 0 unspecified atom stereocenters. The number of hydrogen-bond donors (Lipinski definition) is 2. The van der Waals surface area contributed by atoms with Crippen molar-refractivity contribution in [2.75, 3.05) is 11.9 Å². The Morgan fingerprint density at radius 2 is 2.36 bits per heavy atom. The van der Waals surface area contributed by atoms with E-state index in [-0.39, 0.29) is 12.3 Å². The second kappa shape index (κ2) is 3.26. The Bertz CT molecular complexity index is 381. The summed E-state index contributed by atoms with van der Waals surface area (Å²) in [5.74, 6) is -0.648. The first-order valence-corrected chi connectivity index (χ1v) is 4.16. The van der Waals surface area contributed by atoms with Gasteiger partial charge in [-0.15, -0.1) is 0 Å². The Hall–Kier alpha value is -1.62. The zero-order valence-electron chi connectivity index (χ0n) is 7.29. The fourth-order valence-electron chi connectivity index (χ4n) is 1.22. The van der Waals surface area contributed by atoms with Crippen molar-refractivity contribution in [1.29, 1.82) is 0 Å². The molecule has 5 heteroatoms. The summed E-state index contributed by atoms with van der Waals surface area (Å²) in [6, 6.07) is 3.58. The number of nitrogens with one attached hydrogen (secondary N) is 1. The van der Waals surface area contributed by atoms with Crippen LogP contribution in [0.5, 0.6) is 5.75 Å². The van der Waals surface area contributed by atoms with Crippen molar-refractivity contribution in [2.24, 2.45) is 5.73 Å². The van der Waals surface area contributed by atoms with Gasteiger partial charge in [0.25, 0.3) is 0 Å². The molecule has 0 spiro atoms. The molecule has 0 aliphatic carbocycles. The zero-order chi connectivity index (χ0) is 10.1. The van der Waals surface area contributed by atoms with E-state index in [4.69, 9.17) is 10.5 Å². The average molecular weight is 196 g/mol. The number of amides is 1. The SMILES string of the molecule is N[C@H]1COc2cccc(F)c2NC1=O. The van der Waals surface area contributed by atoms with Crippen molar-refractivity contribution >= 4 is 11.6 Å². The van der Waals surface area contributed by atoms with Crippen LogP contribution in [0.25, 0.3) is 0 Å². The topological polar surface area (TPSA) is 64.3 Å². The molecule has 4 nitrogen and oxygen atoms in total. The molecule has 1 aromatic carbocycles. The summed E-state index contributed by atoms with van der Waals surface area (Å²) in [4.78, 5) is 11.2. The number of ether oxygens (including phenoxy) is 1. The largest absolute Gasteiger partial charge is 0.489 e. The third-order valence-corrected chi connectivity index (χ3v) is 1.98. The van der Waals surface area contributed by atoms with Gasteiger partial charge in [0, 0.05) is 0 Å². The highest BCUT2D eigenvalue weighted by Gasteiger charge is 2.22. The monoisotopic (exact) mass is 196 g/mol. The van der Waals surface area contributed by atoms with Gasteiger partial charge >= 0.3 is 0 Å². The van der Waals surface area contributed by atoms with E-state index in [1.165, 1.54) is 12.1 Å². The first kappa shape index (κ1) is 8.96. The van der Waals surface area contributed by atoms with Gasteiger partial charge < -0.3 is 15.8 Å². The Balaban J connectivity index is 2.43. The summed E-state index contributed by atoms with van der Waals surface area (Å²) >= 11 is 0. The maximum Gasteiger partial charge on any atom is 0.244 e. The van der Waals surface area contributed by atoms with Crippen LogP contribution < -0.4 is 15.8 Å². The van der Waals surface area contributed by atoms with E-state index < -0.39 is 17.8 Å². The van der Waals surface area contributed by atoms with E-state index in [9.17, 15) is 9.18 Å². The Morgan fingerprint density at radius 3 is 3.14 bits per heavy atom. The number of halogens is 1. The average Bonchev–Trinajstić information content (AvgIpc) is 2.30. The van der Waals surface area contributed by atoms with Crippen molar-refractivity contribution in [3.05, 3.63) is 24.0 Å². The molecule has 1 heterocycles. The van der Waals surface area contributed by atoms with Crippen molar-refractivity contribution in [2.45, 2.75) is 6.04 Å². The van der Waals surface area contributed by atoms with E-state index in [1.54, 1.807) is 6.07 Å². The molecule has 0 aromatic heterocycles. The molecule has 2 rings (SSSR count). The van der Waals surface area contributed by atoms with Gasteiger partial charge in [-0.1, -0.05) is 6.07 Å². The number of benzene rings is 1. The van der Waals surface area contributed by atoms with Crippen LogP contribution in [0.1, 0.15) is 0 Å². The molecular formula is C9H9FN2O2. The van der Waals surface area contributed by atoms with Crippen LogP contribution in [0, 0.1) is 5.82 Å². The highest BCUT2D eigenvalue weighted by Crippen LogP contribution is 2.28. The molecule has 1 aromatic rings. The molecule has 0 saturated carbocycles. The number of fused-ring (bicyclic) bond motifs is 1. The lowest BCUT2D eigenvalue weighted by atomic mass is 10.2. The third-order valence-electron chi connectivity index (χ3n) is 1.98. The third kappa shape index (κ3) is 1.42. The molecule has 1 amide bonds. The second-order valence-electron chi connectivity index (χ2n) is 3.02. The van der Waals surface area contributed by atoms with Crippen LogP contribution in [0.4, 0.5) is 10.1 Å². The van der Waals surface area contributed by atoms with Crippen LogP contribution in [-0.2, 0) is 4.79 Å². The summed E-state index contributed by atoms with van der Waals surface area (Å²) in [5.41, 5.74) is 5.51. The predicted molar refractivity (Wildman–Crippen MR) is 48.5 cm³/mol. The maximum absolute atomic E-state index is 13.2. The quantitative estimate of drug-likeness (QED) is 0.634. The number of para-hydroxylation sites is 1. The van der Waals surface area contributed by atoms with Crippen molar-refractivity contribution in [1.82, 2.24) is 0 Å². The Kier molecular flexibility index (Phi) is 2.09. The van der Waals surface area contributed by atoms with E-state index in [2.05, 4.69) is 5.32 Å². The van der Waals surface area contributed by atoms with E-state index in [0.717, 1.165) is 0 Å². The molecule has 1 aliphatic heterocycles. The molecule has 0 fully saturated rings. The minimum Gasteiger partial charge on any atom is -0.489 e. The Labute approximate surface area is 79.9 Å². The van der Waals surface area contributed by atoms with Gasteiger partial charge in [0.05, 0.1) is 0 Å². The van der Waals surface area contributed by atoms with Crippen LogP contribution in [0.15, 0.2) is 18.2 Å². The minimum atomic E-state index is -0.762. The lowest BCUT2D eigenvalue weighted by Gasteiger charge is -2.06. The molecule has 1 aliphatic rings. The van der Waals surface area contributed by atoms with Gasteiger partial charge in [-0.05, 0) is 12.1 Å². The van der Waals surface area contributed by atoms with Crippen LogP contribution in [-0.4, -0.2) is 18.6 Å². The lowest BCUT2D eigenvalue weighted by Crippen LogP contribution is -2.38. The fraction of sp³-hybridized carbons (Fsp3) is 0.222. The van der Waals surface area contributed by atoms with Crippen LogP contribution >= 0.6 is 0 Å². The van der Waals surface area contributed by atoms with Gasteiger partial charge in [-0.3, -0.25) is 4.79 Å². The summed E-state index contributed by atoms with van der Waals surface area (Å²) in [6.45, 7) is 0.0578. The summed E-state index contributed by atoms with van der Waals surface area (Å²) in [7, 11) is 0. The molecule has 14 heavy (non-hydrogen) atoms. The predicted octanol–water partition coefficient (Wildman–Crippen LogP) is 0.484. The van der Waals surface area contributed by atoms with Gasteiger partial charge in [-0.2, -0.15) is 0 Å². The number of rotatable bonds is 0. The summed E-state index contributed by atoms with van der Waals surface area (Å²) in [5, 5.41) is 2.38. The van der Waals surface area contributed by atoms with Crippen molar-refractivity contribution < 1.29 is 13.9 Å². The van der Waals surface area contributed by atoms with Gasteiger partial charge in [0.1, 0.15) is 24.1 Å². The molecule has 0 saturated heterocycles. The molecule has 74 valence electrons. The fourth-order valence-corrected chi connectivity index (χ4v) is 1.22. The highest BCUT2D eigenvalue weighted by atomic mass is 19.1. The smallest absolute Gasteiger partial charge is 0.244 e. The van der Waals surface area contributed by atoms with Crippen LogP contribution in [0.3, 0.4) is 0 Å². The normalized spacial score (nSPS) is 20.4. The molecule has 0 bridgehead atoms. The number of carbonyl (C=O) groups excluding carboxylic acids is 1. The van der Waals surface area contributed by atoms with E-state index in [0.29, 0.717) is 5.75 Å². The highest BCUT2D eigenvalue weighted by molar-refractivity contribution is 5.96. The molecule has 3 N–H and O–H groups in total. The summed E-state index contributed by atoms with van der Waals surface area (Å²) < 4.78 is 18.4. The zero-order valence-corrected chi connectivity index (χ0v) is 7.29. The summed E-state index contributed by atoms with van der Waals surface area (Å²) in [6.07, 6.45) is 0. The lowest BCUT2D eigenvalue weighted by molar-refractivity contribution is -0.117. The van der Waals surface area contributed by atoms with E-state index >= 15 is 0 Å². The minimum absolute atomic E-state index is 0.0578. The van der Waals surface area contributed by atoms with Crippen molar-refractivity contribution in [3.8, 4) is 5.75 Å². The van der Waals surface area contributed by atoms with Crippen molar-refractivity contribution in [3.63, 3.8) is 0 Å². The standard InChI is InChI=1S/C9H9FN2O2/c10-5-2-1-3-7-8(5)12-9(13)6(11)4-14-7/h1-3,6H,4,11H2,(H,12,13)/t6-/m0/s1.